The quantitative estimate of drug-likeness (QED) is 0.917. The van der Waals surface area contributed by atoms with Crippen molar-refractivity contribution >= 4 is 11.3 Å². The van der Waals surface area contributed by atoms with Gasteiger partial charge in [0.2, 0.25) is 0 Å². The zero-order valence-electron chi connectivity index (χ0n) is 10.3. The second-order valence-electron chi connectivity index (χ2n) is 4.45. The van der Waals surface area contributed by atoms with Crippen molar-refractivity contribution in [1.29, 1.82) is 0 Å². The summed E-state index contributed by atoms with van der Waals surface area (Å²) < 4.78 is 5.60. The molecule has 1 aliphatic heterocycles. The number of H-pyrrole nitrogens is 1. The molecule has 1 N–H and O–H groups in total. The molecule has 6 heteroatoms. The first-order valence-electron chi connectivity index (χ1n) is 6.04. The van der Waals surface area contributed by atoms with Gasteiger partial charge in [0.15, 0.2) is 0 Å². The molecule has 0 amide bonds. The van der Waals surface area contributed by atoms with Gasteiger partial charge in [-0.3, -0.25) is 10.00 Å². The zero-order valence-corrected chi connectivity index (χ0v) is 11.1. The molecule has 2 aromatic heterocycles. The Labute approximate surface area is 110 Å². The van der Waals surface area contributed by atoms with Crippen LogP contribution in [0.2, 0.25) is 0 Å². The van der Waals surface area contributed by atoms with Crippen LogP contribution in [0.4, 0.5) is 0 Å². The minimum Gasteiger partial charge on any atom is -0.378 e. The van der Waals surface area contributed by atoms with Gasteiger partial charge in [0, 0.05) is 18.1 Å². The highest BCUT2D eigenvalue weighted by Crippen LogP contribution is 2.26. The molecule has 96 valence electrons. The molecule has 1 aliphatic rings. The van der Waals surface area contributed by atoms with E-state index in [-0.39, 0.29) is 6.04 Å². The molecule has 1 atom stereocenters. The second-order valence-corrected chi connectivity index (χ2v) is 5.43. The van der Waals surface area contributed by atoms with E-state index in [0.717, 1.165) is 30.4 Å². The topological polar surface area (TPSA) is 54.0 Å². The van der Waals surface area contributed by atoms with Crippen molar-refractivity contribution in [1.82, 2.24) is 20.1 Å². The summed E-state index contributed by atoms with van der Waals surface area (Å²) in [5.74, 6) is 0. The molecule has 1 fully saturated rings. The fourth-order valence-electron chi connectivity index (χ4n) is 2.29. The van der Waals surface area contributed by atoms with Gasteiger partial charge in [-0.1, -0.05) is 0 Å². The van der Waals surface area contributed by atoms with Gasteiger partial charge in [-0.2, -0.15) is 5.10 Å². The lowest BCUT2D eigenvalue weighted by atomic mass is 10.1. The third-order valence-corrected chi connectivity index (χ3v) is 4.03. The van der Waals surface area contributed by atoms with Crippen LogP contribution in [0, 0.1) is 6.92 Å². The predicted octanol–water partition coefficient (Wildman–Crippen LogP) is 1.75. The van der Waals surface area contributed by atoms with Crippen LogP contribution < -0.4 is 0 Å². The van der Waals surface area contributed by atoms with E-state index in [9.17, 15) is 0 Å². The predicted molar refractivity (Wildman–Crippen MR) is 69.4 cm³/mol. The average Bonchev–Trinajstić information content (AvgIpc) is 3.02. The van der Waals surface area contributed by atoms with E-state index < -0.39 is 0 Å². The Hall–Kier alpha value is -1.24. The van der Waals surface area contributed by atoms with Crippen LogP contribution in [-0.4, -0.2) is 39.8 Å². The van der Waals surface area contributed by atoms with Crippen LogP contribution in [0.3, 0.4) is 0 Å². The summed E-state index contributed by atoms with van der Waals surface area (Å²) in [6.07, 6.45) is 3.72. The normalized spacial score (nSPS) is 21.3. The Morgan fingerprint density at radius 2 is 2.56 bits per heavy atom. The summed E-state index contributed by atoms with van der Waals surface area (Å²) in [6.45, 7) is 5.39. The van der Waals surface area contributed by atoms with E-state index in [2.05, 4.69) is 27.0 Å². The van der Waals surface area contributed by atoms with E-state index in [1.54, 1.807) is 11.3 Å². The maximum absolute atomic E-state index is 5.60. The van der Waals surface area contributed by atoms with Crippen molar-refractivity contribution in [2.45, 2.75) is 19.5 Å². The van der Waals surface area contributed by atoms with E-state index in [1.165, 1.54) is 5.56 Å². The first kappa shape index (κ1) is 11.8. The molecular formula is C12H16N4OS. The zero-order chi connectivity index (χ0) is 12.4. The lowest BCUT2D eigenvalue weighted by molar-refractivity contribution is -0.0145. The Morgan fingerprint density at radius 3 is 3.28 bits per heavy atom. The molecule has 0 aliphatic carbocycles. The van der Waals surface area contributed by atoms with Crippen LogP contribution >= 0.6 is 11.3 Å². The van der Waals surface area contributed by atoms with Gasteiger partial charge in [-0.05, 0) is 12.5 Å². The van der Waals surface area contributed by atoms with Crippen molar-refractivity contribution in [2.24, 2.45) is 0 Å². The van der Waals surface area contributed by atoms with Crippen molar-refractivity contribution in [2.75, 3.05) is 19.8 Å². The van der Waals surface area contributed by atoms with E-state index in [0.29, 0.717) is 6.61 Å². The molecule has 1 saturated heterocycles. The summed E-state index contributed by atoms with van der Waals surface area (Å²) in [6, 6.07) is 0.255. The van der Waals surface area contributed by atoms with Crippen LogP contribution in [0.5, 0.6) is 0 Å². The Morgan fingerprint density at radius 1 is 1.61 bits per heavy atom. The van der Waals surface area contributed by atoms with Gasteiger partial charge in [-0.25, -0.2) is 4.98 Å². The molecule has 0 unspecified atom stereocenters. The van der Waals surface area contributed by atoms with Crippen LogP contribution in [0.15, 0.2) is 17.8 Å². The molecule has 0 radical (unpaired) electrons. The summed E-state index contributed by atoms with van der Waals surface area (Å²) in [5, 5.41) is 10.4. The molecule has 18 heavy (non-hydrogen) atoms. The number of aromatic nitrogens is 3. The van der Waals surface area contributed by atoms with Gasteiger partial charge >= 0.3 is 0 Å². The minimum atomic E-state index is 0.255. The largest absolute Gasteiger partial charge is 0.378 e. The number of thiazole rings is 1. The SMILES string of the molecule is Cc1cn[nH]c1[C@H]1COCCN1Cc1nccs1. The Kier molecular flexibility index (Phi) is 3.40. The van der Waals surface area contributed by atoms with Crippen molar-refractivity contribution in [3.63, 3.8) is 0 Å². The number of morpholine rings is 1. The minimum absolute atomic E-state index is 0.255. The molecule has 3 rings (SSSR count). The molecule has 0 bridgehead atoms. The number of hydrogen-bond donors (Lipinski definition) is 1. The lowest BCUT2D eigenvalue weighted by Crippen LogP contribution is -2.39. The molecule has 0 saturated carbocycles. The summed E-state index contributed by atoms with van der Waals surface area (Å²) >= 11 is 1.70. The monoisotopic (exact) mass is 264 g/mol. The smallest absolute Gasteiger partial charge is 0.107 e. The molecular weight excluding hydrogens is 248 g/mol. The van der Waals surface area contributed by atoms with E-state index in [4.69, 9.17) is 4.74 Å². The molecule has 0 spiro atoms. The lowest BCUT2D eigenvalue weighted by Gasteiger charge is -2.34. The third-order valence-electron chi connectivity index (χ3n) is 3.26. The first-order valence-corrected chi connectivity index (χ1v) is 6.92. The highest BCUT2D eigenvalue weighted by atomic mass is 32.1. The first-order chi connectivity index (χ1) is 8.84. The second kappa shape index (κ2) is 5.17. The number of aryl methyl sites for hydroxylation is 1. The van der Waals surface area contributed by atoms with E-state index in [1.807, 2.05) is 17.8 Å². The number of ether oxygens (including phenoxy) is 1. The molecule has 0 aromatic carbocycles. The standard InChI is InChI=1S/C12H16N4OS/c1-9-6-14-15-12(9)10-8-17-4-3-16(10)7-11-13-2-5-18-11/h2,5-6,10H,3-4,7-8H2,1H3,(H,14,15)/t10-/m1/s1. The summed E-state index contributed by atoms with van der Waals surface area (Å²) in [7, 11) is 0. The fraction of sp³-hybridized carbons (Fsp3) is 0.500. The van der Waals surface area contributed by atoms with Gasteiger partial charge in [0.25, 0.3) is 0 Å². The number of rotatable bonds is 3. The van der Waals surface area contributed by atoms with Crippen LogP contribution in [0.1, 0.15) is 22.3 Å². The van der Waals surface area contributed by atoms with Gasteiger partial charge in [-0.15, -0.1) is 11.3 Å². The Bertz CT molecular complexity index is 496. The van der Waals surface area contributed by atoms with Gasteiger partial charge in [0.1, 0.15) is 5.01 Å². The number of hydrogen-bond acceptors (Lipinski definition) is 5. The highest BCUT2D eigenvalue weighted by Gasteiger charge is 2.27. The van der Waals surface area contributed by atoms with Crippen molar-refractivity contribution in [3.8, 4) is 0 Å². The maximum atomic E-state index is 5.60. The number of aromatic amines is 1. The molecule has 3 heterocycles. The summed E-state index contributed by atoms with van der Waals surface area (Å²) in [4.78, 5) is 6.76. The Balaban J connectivity index is 1.80. The fourth-order valence-corrected chi connectivity index (χ4v) is 2.93. The highest BCUT2D eigenvalue weighted by molar-refractivity contribution is 7.09. The number of nitrogens with one attached hydrogen (secondary N) is 1. The maximum Gasteiger partial charge on any atom is 0.107 e. The molecule has 2 aromatic rings. The van der Waals surface area contributed by atoms with Crippen LogP contribution in [0.25, 0.3) is 0 Å². The van der Waals surface area contributed by atoms with E-state index >= 15 is 0 Å². The van der Waals surface area contributed by atoms with Gasteiger partial charge < -0.3 is 4.74 Å². The molecule has 5 nitrogen and oxygen atoms in total. The number of nitrogens with zero attached hydrogens (tertiary/aromatic N) is 3. The third kappa shape index (κ3) is 2.31. The van der Waals surface area contributed by atoms with Crippen LogP contribution in [-0.2, 0) is 11.3 Å². The van der Waals surface area contributed by atoms with Crippen molar-refractivity contribution < 1.29 is 4.74 Å². The average molecular weight is 264 g/mol. The van der Waals surface area contributed by atoms with Crippen molar-refractivity contribution in [3.05, 3.63) is 34.0 Å². The summed E-state index contributed by atoms with van der Waals surface area (Å²) in [5.41, 5.74) is 2.35. The van der Waals surface area contributed by atoms with Gasteiger partial charge in [0.05, 0.1) is 37.7 Å².